The average Bonchev–Trinajstić information content (AvgIpc) is 3.40. The number of carbonyl (C=O) groups is 1. The molecular formula is C31H30N2O2S. The van der Waals surface area contributed by atoms with E-state index in [-0.39, 0.29) is 0 Å². The third-order valence-corrected chi connectivity index (χ3v) is 7.74. The maximum atomic E-state index is 12.2. The van der Waals surface area contributed by atoms with Crippen molar-refractivity contribution in [3.8, 4) is 0 Å². The van der Waals surface area contributed by atoms with Gasteiger partial charge in [0.1, 0.15) is 5.54 Å². The lowest BCUT2D eigenvalue weighted by molar-refractivity contribution is -0.130. The smallest absolute Gasteiger partial charge is 0.337 e. The quantitative estimate of drug-likeness (QED) is 0.196. The molecule has 36 heavy (non-hydrogen) atoms. The maximum Gasteiger partial charge on any atom is 0.337 e. The fourth-order valence-electron chi connectivity index (χ4n) is 5.20. The van der Waals surface area contributed by atoms with Crippen LogP contribution in [0.2, 0.25) is 0 Å². The molecule has 1 fully saturated rings. The Morgan fingerprint density at radius 1 is 0.833 bits per heavy atom. The van der Waals surface area contributed by atoms with E-state index in [0.717, 1.165) is 42.4 Å². The summed E-state index contributed by atoms with van der Waals surface area (Å²) in [6, 6.07) is 31.0. The van der Waals surface area contributed by atoms with Crippen molar-refractivity contribution in [2.45, 2.75) is 37.6 Å². The lowest BCUT2D eigenvalue weighted by Gasteiger charge is -2.36. The van der Waals surface area contributed by atoms with Gasteiger partial charge in [0.2, 0.25) is 0 Å². The molecule has 0 amide bonds. The Bertz CT molecular complexity index is 1210. The molecule has 0 aliphatic heterocycles. The number of carboxylic acid groups (broad SMARTS) is 1. The highest BCUT2D eigenvalue weighted by Crippen LogP contribution is 2.41. The Labute approximate surface area is 216 Å². The molecule has 4 aromatic rings. The van der Waals surface area contributed by atoms with Gasteiger partial charge >= 0.3 is 5.97 Å². The van der Waals surface area contributed by atoms with Gasteiger partial charge in [0.15, 0.2) is 5.13 Å². The third-order valence-electron chi connectivity index (χ3n) is 6.98. The second-order valence-electron chi connectivity index (χ2n) is 9.29. The van der Waals surface area contributed by atoms with Gasteiger partial charge in [-0.2, -0.15) is 0 Å². The summed E-state index contributed by atoms with van der Waals surface area (Å²) in [7, 11) is 0. The van der Waals surface area contributed by atoms with Crippen LogP contribution in [0, 0.1) is 5.92 Å². The SMILES string of the molecule is O=C(O)/C(=C\C1CCCCC1)c1csc(NC(c2ccccc2)(c2ccccc2)c2ccccc2)n1. The summed E-state index contributed by atoms with van der Waals surface area (Å²) < 4.78 is 0. The summed E-state index contributed by atoms with van der Waals surface area (Å²) in [4.78, 5) is 17.0. The number of allylic oxidation sites excluding steroid dienone is 1. The molecule has 5 rings (SSSR count). The zero-order valence-corrected chi connectivity index (χ0v) is 21.0. The lowest BCUT2D eigenvalue weighted by atomic mass is 9.77. The Hall–Kier alpha value is -3.70. The van der Waals surface area contributed by atoms with Crippen LogP contribution in [-0.4, -0.2) is 16.1 Å². The molecule has 2 N–H and O–H groups in total. The molecule has 0 bridgehead atoms. The number of aliphatic carboxylic acids is 1. The zero-order valence-electron chi connectivity index (χ0n) is 20.1. The van der Waals surface area contributed by atoms with Gasteiger partial charge in [0, 0.05) is 5.38 Å². The number of aromatic nitrogens is 1. The van der Waals surface area contributed by atoms with Crippen LogP contribution in [0.5, 0.6) is 0 Å². The molecule has 1 aliphatic rings. The summed E-state index contributed by atoms with van der Waals surface area (Å²) in [5.41, 5.74) is 3.36. The van der Waals surface area contributed by atoms with Gasteiger partial charge in [-0.3, -0.25) is 0 Å². The average molecular weight is 495 g/mol. The van der Waals surface area contributed by atoms with E-state index in [1.165, 1.54) is 17.8 Å². The van der Waals surface area contributed by atoms with E-state index in [9.17, 15) is 9.90 Å². The van der Waals surface area contributed by atoms with E-state index < -0.39 is 11.5 Å². The predicted octanol–water partition coefficient (Wildman–Crippen LogP) is 7.60. The number of rotatable bonds is 8. The van der Waals surface area contributed by atoms with Crippen LogP contribution in [0.4, 0.5) is 5.13 Å². The normalized spacial score (nSPS) is 14.9. The highest BCUT2D eigenvalue weighted by molar-refractivity contribution is 7.13. The second kappa shape index (κ2) is 10.9. The number of thiazole rings is 1. The van der Waals surface area contributed by atoms with E-state index in [0.29, 0.717) is 22.3 Å². The van der Waals surface area contributed by atoms with E-state index in [1.807, 2.05) is 66.1 Å². The molecule has 0 atom stereocenters. The monoisotopic (exact) mass is 494 g/mol. The van der Waals surface area contributed by atoms with Crippen molar-refractivity contribution < 1.29 is 9.90 Å². The summed E-state index contributed by atoms with van der Waals surface area (Å²) in [6.45, 7) is 0. The third kappa shape index (κ3) is 4.98. The fraction of sp³-hybridized carbons (Fsp3) is 0.226. The first kappa shape index (κ1) is 24.0. The number of hydrogen-bond donors (Lipinski definition) is 2. The van der Waals surface area contributed by atoms with Crippen molar-refractivity contribution in [1.29, 1.82) is 0 Å². The molecule has 1 aromatic heterocycles. The van der Waals surface area contributed by atoms with Gasteiger partial charge in [0.05, 0.1) is 11.3 Å². The van der Waals surface area contributed by atoms with Crippen LogP contribution in [0.1, 0.15) is 54.5 Å². The van der Waals surface area contributed by atoms with E-state index in [4.69, 9.17) is 4.98 Å². The molecule has 182 valence electrons. The number of carboxylic acids is 1. The Balaban J connectivity index is 1.60. The second-order valence-corrected chi connectivity index (χ2v) is 10.2. The van der Waals surface area contributed by atoms with Crippen molar-refractivity contribution in [2.75, 3.05) is 5.32 Å². The molecule has 5 heteroatoms. The van der Waals surface area contributed by atoms with Crippen molar-refractivity contribution in [1.82, 2.24) is 4.98 Å². The van der Waals surface area contributed by atoms with Gasteiger partial charge in [-0.15, -0.1) is 11.3 Å². The van der Waals surface area contributed by atoms with Gasteiger partial charge < -0.3 is 10.4 Å². The number of nitrogens with zero attached hydrogens (tertiary/aromatic N) is 1. The molecule has 4 nitrogen and oxygen atoms in total. The lowest BCUT2D eigenvalue weighted by Crippen LogP contribution is -2.38. The van der Waals surface area contributed by atoms with Gasteiger partial charge in [-0.1, -0.05) is 116 Å². The fourth-order valence-corrected chi connectivity index (χ4v) is 5.96. The molecule has 0 saturated heterocycles. The summed E-state index contributed by atoms with van der Waals surface area (Å²) in [6.07, 6.45) is 7.57. The molecule has 0 spiro atoms. The van der Waals surface area contributed by atoms with E-state index in [2.05, 4.69) is 41.7 Å². The molecule has 1 aliphatic carbocycles. The highest BCUT2D eigenvalue weighted by atomic mass is 32.1. The van der Waals surface area contributed by atoms with Crippen LogP contribution >= 0.6 is 11.3 Å². The van der Waals surface area contributed by atoms with Crippen LogP contribution in [-0.2, 0) is 10.3 Å². The van der Waals surface area contributed by atoms with Crippen molar-refractivity contribution in [3.05, 3.63) is 125 Å². The molecular weight excluding hydrogens is 464 g/mol. The van der Waals surface area contributed by atoms with Crippen LogP contribution in [0.3, 0.4) is 0 Å². The van der Waals surface area contributed by atoms with Crippen molar-refractivity contribution in [3.63, 3.8) is 0 Å². The predicted molar refractivity (Wildman–Crippen MR) is 147 cm³/mol. The standard InChI is InChI=1S/C31H30N2O2S/c34-29(35)27(21-23-13-5-1-6-14-23)28-22-36-30(32-28)33-31(24-15-7-2-8-16-24,25-17-9-3-10-18-25)26-19-11-4-12-20-26/h2-4,7-12,15-23H,1,5-6,13-14H2,(H,32,33)(H,34,35)/b27-21-. The summed E-state index contributed by atoms with van der Waals surface area (Å²) in [5, 5.41) is 16.3. The topological polar surface area (TPSA) is 62.2 Å². The van der Waals surface area contributed by atoms with E-state index in [1.54, 1.807) is 0 Å². The Kier molecular flexibility index (Phi) is 7.28. The highest BCUT2D eigenvalue weighted by Gasteiger charge is 2.37. The van der Waals surface area contributed by atoms with Gasteiger partial charge in [0.25, 0.3) is 0 Å². The summed E-state index contributed by atoms with van der Waals surface area (Å²) in [5.74, 6) is -0.613. The number of nitrogens with one attached hydrogen (secondary N) is 1. The zero-order chi connectivity index (χ0) is 24.8. The first-order valence-corrected chi connectivity index (χ1v) is 13.4. The molecule has 0 radical (unpaired) electrons. The first-order valence-electron chi connectivity index (χ1n) is 12.5. The number of benzene rings is 3. The van der Waals surface area contributed by atoms with Crippen molar-refractivity contribution >= 4 is 28.0 Å². The maximum absolute atomic E-state index is 12.2. The van der Waals surface area contributed by atoms with Crippen LogP contribution in [0.25, 0.3) is 5.57 Å². The summed E-state index contributed by atoms with van der Waals surface area (Å²) >= 11 is 1.44. The van der Waals surface area contributed by atoms with Gasteiger partial charge in [-0.05, 0) is 35.4 Å². The Morgan fingerprint density at radius 3 is 1.81 bits per heavy atom. The molecule has 1 saturated carbocycles. The van der Waals surface area contributed by atoms with Crippen LogP contribution < -0.4 is 5.32 Å². The van der Waals surface area contributed by atoms with Crippen molar-refractivity contribution in [2.24, 2.45) is 5.92 Å². The largest absolute Gasteiger partial charge is 0.478 e. The Morgan fingerprint density at radius 2 is 1.33 bits per heavy atom. The van der Waals surface area contributed by atoms with Gasteiger partial charge in [-0.25, -0.2) is 9.78 Å². The van der Waals surface area contributed by atoms with E-state index >= 15 is 0 Å². The van der Waals surface area contributed by atoms with Crippen LogP contribution in [0.15, 0.2) is 102 Å². The number of anilines is 1. The minimum Gasteiger partial charge on any atom is -0.478 e. The molecule has 0 unspecified atom stereocenters. The minimum absolute atomic E-state index is 0.302. The minimum atomic E-state index is -0.919. The molecule has 3 aromatic carbocycles. The first-order chi connectivity index (χ1) is 17.7. The molecule has 1 heterocycles. The number of hydrogen-bond acceptors (Lipinski definition) is 4.